The maximum absolute atomic E-state index is 13.2. The zero-order valence-electron chi connectivity index (χ0n) is 16.6. The van der Waals surface area contributed by atoms with Gasteiger partial charge in [-0.1, -0.05) is 0 Å². The normalized spacial score (nSPS) is 15.2. The lowest BCUT2D eigenvalue weighted by Gasteiger charge is -2.27. The van der Waals surface area contributed by atoms with E-state index in [2.05, 4.69) is 10.0 Å². The second-order valence-corrected chi connectivity index (χ2v) is 10.2. The largest absolute Gasteiger partial charge is 0.598 e. The van der Waals surface area contributed by atoms with E-state index >= 15 is 0 Å². The molecule has 2 atom stereocenters. The summed E-state index contributed by atoms with van der Waals surface area (Å²) in [6, 6.07) is 2.57. The number of rotatable bonds is 4. The molecule has 0 aliphatic rings. The van der Waals surface area contributed by atoms with Gasteiger partial charge >= 0.3 is 12.3 Å². The zero-order chi connectivity index (χ0) is 21.2. The maximum atomic E-state index is 13.2. The summed E-state index contributed by atoms with van der Waals surface area (Å²) in [4.78, 5) is 11.9. The molecule has 2 N–H and O–H groups in total. The van der Waals surface area contributed by atoms with E-state index in [1.54, 1.807) is 48.5 Å². The van der Waals surface area contributed by atoms with Crippen LogP contribution in [0.3, 0.4) is 0 Å². The van der Waals surface area contributed by atoms with Gasteiger partial charge in [0.2, 0.25) is 0 Å². The van der Waals surface area contributed by atoms with Crippen LogP contribution in [-0.2, 0) is 22.3 Å². The van der Waals surface area contributed by atoms with Crippen molar-refractivity contribution in [1.29, 1.82) is 0 Å². The van der Waals surface area contributed by atoms with Crippen LogP contribution in [0.4, 0.5) is 23.7 Å². The Labute approximate surface area is 161 Å². The van der Waals surface area contributed by atoms with Gasteiger partial charge < -0.3 is 9.29 Å². The molecule has 154 valence electrons. The van der Waals surface area contributed by atoms with Crippen molar-refractivity contribution in [2.45, 2.75) is 71.0 Å². The molecule has 0 heterocycles. The first-order chi connectivity index (χ1) is 12.0. The number of ether oxygens (including phenoxy) is 1. The van der Waals surface area contributed by atoms with Crippen LogP contribution >= 0.6 is 0 Å². The lowest BCUT2D eigenvalue weighted by Crippen LogP contribution is -2.40. The molecule has 27 heavy (non-hydrogen) atoms. The van der Waals surface area contributed by atoms with Crippen molar-refractivity contribution in [3.8, 4) is 0 Å². The van der Waals surface area contributed by atoms with Crippen LogP contribution in [0.5, 0.6) is 0 Å². The average Bonchev–Trinajstić information content (AvgIpc) is 2.42. The van der Waals surface area contributed by atoms with Crippen molar-refractivity contribution in [3.63, 3.8) is 0 Å². The van der Waals surface area contributed by atoms with Gasteiger partial charge in [0.05, 0.1) is 11.6 Å². The van der Waals surface area contributed by atoms with Gasteiger partial charge in [-0.15, -0.1) is 4.72 Å². The molecule has 1 amide bonds. The number of carbonyl (C=O) groups is 1. The summed E-state index contributed by atoms with van der Waals surface area (Å²) in [6.07, 6.45) is -5.45. The number of hydrogen-bond donors (Lipinski definition) is 2. The molecule has 0 saturated heterocycles. The highest BCUT2D eigenvalue weighted by Crippen LogP contribution is 2.34. The number of halogens is 3. The van der Waals surface area contributed by atoms with Crippen molar-refractivity contribution in [2.24, 2.45) is 0 Å². The third-order valence-electron chi connectivity index (χ3n) is 3.27. The summed E-state index contributed by atoms with van der Waals surface area (Å²) in [5, 5.41) is 2.32. The molecule has 1 rings (SSSR count). The summed E-state index contributed by atoms with van der Waals surface area (Å²) in [5.41, 5.74) is -1.51. The van der Waals surface area contributed by atoms with Crippen LogP contribution in [0, 0.1) is 0 Å². The van der Waals surface area contributed by atoms with Crippen LogP contribution in [0.2, 0.25) is 0 Å². The minimum atomic E-state index is -4.59. The molecule has 0 fully saturated rings. The topological polar surface area (TPSA) is 73.4 Å². The third-order valence-corrected chi connectivity index (χ3v) is 4.95. The first-order valence-electron chi connectivity index (χ1n) is 8.39. The molecule has 0 saturated carbocycles. The number of hydrogen-bond acceptors (Lipinski definition) is 4. The van der Waals surface area contributed by atoms with Crippen molar-refractivity contribution in [2.75, 3.05) is 5.32 Å². The lowest BCUT2D eigenvalue weighted by molar-refractivity contribution is -0.137. The van der Waals surface area contributed by atoms with Gasteiger partial charge in [0.15, 0.2) is 0 Å². The van der Waals surface area contributed by atoms with E-state index in [0.29, 0.717) is 0 Å². The lowest BCUT2D eigenvalue weighted by atomic mass is 10.0. The van der Waals surface area contributed by atoms with Crippen LogP contribution in [-0.4, -0.2) is 21.0 Å². The molecule has 1 aromatic rings. The summed E-state index contributed by atoms with van der Waals surface area (Å²) in [6.45, 7) is 11.8. The minimum absolute atomic E-state index is 0.0516. The minimum Gasteiger partial charge on any atom is -0.598 e. The fourth-order valence-corrected chi connectivity index (χ4v) is 2.78. The van der Waals surface area contributed by atoms with E-state index in [9.17, 15) is 22.5 Å². The second kappa shape index (κ2) is 8.28. The van der Waals surface area contributed by atoms with E-state index in [0.717, 1.165) is 12.1 Å². The van der Waals surface area contributed by atoms with Crippen LogP contribution in [0.25, 0.3) is 0 Å². The quantitative estimate of drug-likeness (QED) is 0.675. The zero-order valence-corrected chi connectivity index (χ0v) is 17.4. The maximum Gasteiger partial charge on any atom is 0.416 e. The number of amides is 1. The molecule has 0 radical (unpaired) electrons. The Balaban J connectivity index is 3.15. The van der Waals surface area contributed by atoms with Gasteiger partial charge in [-0.25, -0.2) is 4.79 Å². The number of nitrogens with one attached hydrogen (secondary N) is 2. The molecular formula is C18H27F3N2O3S. The Morgan fingerprint density at radius 2 is 1.67 bits per heavy atom. The van der Waals surface area contributed by atoms with Gasteiger partial charge in [-0.05, 0) is 72.2 Å². The molecule has 1 aromatic carbocycles. The van der Waals surface area contributed by atoms with Crippen molar-refractivity contribution < 1.29 is 27.3 Å². The molecule has 9 heteroatoms. The highest BCUT2D eigenvalue weighted by molar-refractivity contribution is 7.90. The molecule has 0 aliphatic heterocycles. The summed E-state index contributed by atoms with van der Waals surface area (Å²) in [5.74, 6) is 0. The van der Waals surface area contributed by atoms with E-state index in [1.165, 1.54) is 6.07 Å². The summed E-state index contributed by atoms with van der Waals surface area (Å²) >= 11 is -1.47. The molecule has 0 bridgehead atoms. The SMILES string of the molecule is C[C@@H](N[S@@+]([O-])C(C)(C)C)c1cc(NC(=O)OC(C)(C)C)cc(C(F)(F)F)c1. The number of alkyl halides is 3. The second-order valence-electron chi connectivity index (χ2n) is 8.19. The van der Waals surface area contributed by atoms with E-state index in [-0.39, 0.29) is 11.3 Å². The first-order valence-corrected chi connectivity index (χ1v) is 9.54. The molecule has 0 spiro atoms. The number of benzene rings is 1. The molecule has 0 unspecified atom stereocenters. The van der Waals surface area contributed by atoms with Crippen molar-refractivity contribution >= 4 is 23.1 Å². The summed E-state index contributed by atoms with van der Waals surface area (Å²) in [7, 11) is 0. The van der Waals surface area contributed by atoms with E-state index in [1.807, 2.05) is 0 Å². The van der Waals surface area contributed by atoms with Gasteiger partial charge in [0.25, 0.3) is 0 Å². The van der Waals surface area contributed by atoms with Crippen LogP contribution < -0.4 is 10.0 Å². The van der Waals surface area contributed by atoms with E-state index in [4.69, 9.17) is 4.74 Å². The van der Waals surface area contributed by atoms with Gasteiger partial charge in [0.1, 0.15) is 10.3 Å². The average molecular weight is 408 g/mol. The van der Waals surface area contributed by atoms with Gasteiger partial charge in [-0.2, -0.15) is 13.2 Å². The Kier molecular flexibility index (Phi) is 7.23. The predicted molar refractivity (Wildman–Crippen MR) is 101 cm³/mol. The fraction of sp³-hybridized carbons (Fsp3) is 0.611. The Hall–Kier alpha value is -1.45. The Morgan fingerprint density at radius 3 is 2.11 bits per heavy atom. The monoisotopic (exact) mass is 408 g/mol. The van der Waals surface area contributed by atoms with Gasteiger partial charge in [-0.3, -0.25) is 5.32 Å². The Morgan fingerprint density at radius 1 is 1.11 bits per heavy atom. The fourth-order valence-electron chi connectivity index (χ4n) is 1.96. The smallest absolute Gasteiger partial charge is 0.416 e. The molecular weight excluding hydrogens is 381 g/mol. The predicted octanol–water partition coefficient (Wildman–Crippen LogP) is 5.17. The molecule has 0 aromatic heterocycles. The number of anilines is 1. The van der Waals surface area contributed by atoms with Crippen LogP contribution in [0.15, 0.2) is 18.2 Å². The summed E-state index contributed by atoms with van der Waals surface area (Å²) < 4.78 is 59.3. The standard InChI is InChI=1S/C18H27F3N2O3S/c1-11(23-27(25)17(5,6)7)12-8-13(18(19,20)21)10-14(9-12)22-15(24)26-16(2,3)4/h8-11,23H,1-7H3,(H,22,24)/t11-,27+/m1/s1. The number of carbonyl (C=O) groups excluding carboxylic acids is 1. The highest BCUT2D eigenvalue weighted by atomic mass is 32.2. The van der Waals surface area contributed by atoms with Crippen LogP contribution in [0.1, 0.15) is 65.6 Å². The van der Waals surface area contributed by atoms with E-state index < -0.39 is 45.6 Å². The van der Waals surface area contributed by atoms with Gasteiger partial charge in [0, 0.05) is 17.0 Å². The Bertz CT molecular complexity index is 667. The van der Waals surface area contributed by atoms with Crippen molar-refractivity contribution in [1.82, 2.24) is 4.72 Å². The molecule has 5 nitrogen and oxygen atoms in total. The molecule has 0 aliphatic carbocycles. The highest BCUT2D eigenvalue weighted by Gasteiger charge is 2.33. The third kappa shape index (κ3) is 7.98. The van der Waals surface area contributed by atoms with Crippen molar-refractivity contribution in [3.05, 3.63) is 29.3 Å². The first kappa shape index (κ1) is 23.6.